The lowest BCUT2D eigenvalue weighted by Crippen LogP contribution is -2.32. The molecule has 124 valence electrons. The van der Waals surface area contributed by atoms with Gasteiger partial charge in [0.1, 0.15) is 0 Å². The molecule has 0 radical (unpaired) electrons. The second kappa shape index (κ2) is 8.15. The Kier molecular flexibility index (Phi) is 6.20. The van der Waals surface area contributed by atoms with E-state index in [1.54, 1.807) is 43.3 Å². The van der Waals surface area contributed by atoms with Crippen molar-refractivity contribution in [3.05, 3.63) is 62.6 Å². The first-order chi connectivity index (χ1) is 11.4. The minimum Gasteiger partial charge on any atom is -0.317 e. The van der Waals surface area contributed by atoms with E-state index >= 15 is 0 Å². The van der Waals surface area contributed by atoms with Crippen LogP contribution in [0.15, 0.2) is 41.5 Å². The Morgan fingerprint density at radius 2 is 1.79 bits per heavy atom. The van der Waals surface area contributed by atoms with Crippen molar-refractivity contribution in [2.75, 3.05) is 5.32 Å². The van der Waals surface area contributed by atoms with Crippen LogP contribution in [0.2, 0.25) is 15.1 Å². The molecule has 2 aromatic rings. The normalized spacial score (nSPS) is 10.7. The highest BCUT2D eigenvalue weighted by molar-refractivity contribution is 6.40. The average Bonchev–Trinajstić information content (AvgIpc) is 2.53. The van der Waals surface area contributed by atoms with Crippen LogP contribution < -0.4 is 10.7 Å². The lowest BCUT2D eigenvalue weighted by molar-refractivity contribution is -0.136. The number of carbonyl (C=O) groups is 2. The minimum atomic E-state index is -0.921. The summed E-state index contributed by atoms with van der Waals surface area (Å²) in [5.41, 5.74) is 3.78. The molecule has 0 aliphatic heterocycles. The first-order valence-corrected chi connectivity index (χ1v) is 7.86. The summed E-state index contributed by atoms with van der Waals surface area (Å²) in [4.78, 5) is 23.6. The maximum atomic E-state index is 11.8. The lowest BCUT2D eigenvalue weighted by atomic mass is 10.2. The highest BCUT2D eigenvalue weighted by Gasteiger charge is 2.14. The smallest absolute Gasteiger partial charge is 0.317 e. The zero-order chi connectivity index (χ0) is 17.7. The van der Waals surface area contributed by atoms with E-state index < -0.39 is 11.8 Å². The van der Waals surface area contributed by atoms with Crippen molar-refractivity contribution >= 4 is 58.5 Å². The molecule has 0 saturated heterocycles. The maximum absolute atomic E-state index is 11.8. The molecule has 0 aliphatic rings. The molecule has 0 heterocycles. The molecule has 0 saturated carbocycles. The van der Waals surface area contributed by atoms with Crippen molar-refractivity contribution in [3.63, 3.8) is 0 Å². The van der Waals surface area contributed by atoms with Crippen LogP contribution in [0.3, 0.4) is 0 Å². The van der Waals surface area contributed by atoms with E-state index in [1.165, 1.54) is 6.21 Å². The fourth-order valence-corrected chi connectivity index (χ4v) is 2.37. The third-order valence-electron chi connectivity index (χ3n) is 3.05. The number of hydrogen-bond acceptors (Lipinski definition) is 3. The summed E-state index contributed by atoms with van der Waals surface area (Å²) in [5, 5.41) is 7.51. The number of benzene rings is 2. The van der Waals surface area contributed by atoms with Crippen LogP contribution in [0.5, 0.6) is 0 Å². The second-order valence-electron chi connectivity index (χ2n) is 4.73. The number of rotatable bonds is 3. The monoisotopic (exact) mass is 383 g/mol. The molecule has 0 spiro atoms. The molecule has 2 N–H and O–H groups in total. The highest BCUT2D eigenvalue weighted by Crippen LogP contribution is 2.22. The van der Waals surface area contributed by atoms with Gasteiger partial charge in [-0.1, -0.05) is 46.9 Å². The van der Waals surface area contributed by atoms with Gasteiger partial charge in [-0.3, -0.25) is 9.59 Å². The number of hydrazone groups is 1. The Labute approximate surface area is 153 Å². The first kappa shape index (κ1) is 18.3. The van der Waals surface area contributed by atoms with Gasteiger partial charge < -0.3 is 5.32 Å². The number of nitrogens with zero attached hydrogens (tertiary/aromatic N) is 1. The Morgan fingerprint density at radius 1 is 1.04 bits per heavy atom. The number of halogens is 3. The van der Waals surface area contributed by atoms with Crippen molar-refractivity contribution in [1.82, 2.24) is 5.43 Å². The minimum absolute atomic E-state index is 0.375. The predicted molar refractivity (Wildman–Crippen MR) is 97.0 cm³/mol. The lowest BCUT2D eigenvalue weighted by Gasteiger charge is -2.08. The van der Waals surface area contributed by atoms with Crippen molar-refractivity contribution in [2.24, 2.45) is 5.10 Å². The van der Waals surface area contributed by atoms with Crippen LogP contribution in [0, 0.1) is 6.92 Å². The molecule has 0 atom stereocenters. The van der Waals surface area contributed by atoms with Gasteiger partial charge in [0.05, 0.1) is 11.2 Å². The molecule has 24 heavy (non-hydrogen) atoms. The number of amides is 2. The molecule has 2 aromatic carbocycles. The van der Waals surface area contributed by atoms with Gasteiger partial charge in [-0.15, -0.1) is 0 Å². The highest BCUT2D eigenvalue weighted by atomic mass is 35.5. The average molecular weight is 385 g/mol. The third-order valence-corrected chi connectivity index (χ3v) is 4.03. The molecule has 5 nitrogen and oxygen atoms in total. The number of carbonyl (C=O) groups excluding carboxylic acids is 2. The van der Waals surface area contributed by atoms with Gasteiger partial charge in [0.25, 0.3) is 0 Å². The van der Waals surface area contributed by atoms with Crippen LogP contribution in [0.1, 0.15) is 11.1 Å². The summed E-state index contributed by atoms with van der Waals surface area (Å²) in [5.74, 6) is -1.78. The number of hydrogen-bond donors (Lipinski definition) is 2. The topological polar surface area (TPSA) is 70.6 Å². The quantitative estimate of drug-likeness (QED) is 0.476. The summed E-state index contributed by atoms with van der Waals surface area (Å²) in [6.07, 6.45) is 1.31. The summed E-state index contributed by atoms with van der Waals surface area (Å²) in [6.45, 7) is 1.73. The van der Waals surface area contributed by atoms with Crippen molar-refractivity contribution in [3.8, 4) is 0 Å². The van der Waals surface area contributed by atoms with E-state index in [0.717, 1.165) is 0 Å². The Balaban J connectivity index is 1.98. The van der Waals surface area contributed by atoms with Gasteiger partial charge in [0, 0.05) is 21.3 Å². The third kappa shape index (κ3) is 4.71. The number of nitrogens with one attached hydrogen (secondary N) is 2. The van der Waals surface area contributed by atoms with E-state index in [4.69, 9.17) is 34.8 Å². The summed E-state index contributed by atoms with van der Waals surface area (Å²) < 4.78 is 0. The Morgan fingerprint density at radius 3 is 2.50 bits per heavy atom. The zero-order valence-corrected chi connectivity index (χ0v) is 14.7. The van der Waals surface area contributed by atoms with Gasteiger partial charge in [-0.05, 0) is 36.8 Å². The van der Waals surface area contributed by atoms with Crippen molar-refractivity contribution in [1.29, 1.82) is 0 Å². The second-order valence-corrected chi connectivity index (χ2v) is 5.98. The molecule has 0 unspecified atom stereocenters. The molecule has 0 bridgehead atoms. The standard InChI is InChI=1S/C16H12Cl3N3O2/c1-9-12(18)3-2-4-14(9)21-15(23)16(24)22-20-8-10-5-6-11(17)7-13(10)19/h2-8H,1H3,(H,21,23)(H,22,24)/b20-8-. The van der Waals surface area contributed by atoms with Crippen LogP contribution in [-0.2, 0) is 9.59 Å². The molecule has 2 amide bonds. The first-order valence-electron chi connectivity index (χ1n) is 6.73. The van der Waals surface area contributed by atoms with Gasteiger partial charge in [-0.2, -0.15) is 5.10 Å². The predicted octanol–water partition coefficient (Wildman–Crippen LogP) is 4.04. The van der Waals surface area contributed by atoms with E-state index in [9.17, 15) is 9.59 Å². The molecule has 0 aliphatic carbocycles. The zero-order valence-electron chi connectivity index (χ0n) is 12.4. The van der Waals surface area contributed by atoms with Gasteiger partial charge >= 0.3 is 11.8 Å². The molecule has 0 aromatic heterocycles. The summed E-state index contributed by atoms with van der Waals surface area (Å²) in [6, 6.07) is 9.81. The van der Waals surface area contributed by atoms with Crippen LogP contribution in [0.4, 0.5) is 5.69 Å². The van der Waals surface area contributed by atoms with Crippen LogP contribution >= 0.6 is 34.8 Å². The van der Waals surface area contributed by atoms with Crippen molar-refractivity contribution < 1.29 is 9.59 Å². The Hall–Kier alpha value is -2.08. The molecule has 0 fully saturated rings. The summed E-state index contributed by atoms with van der Waals surface area (Å²) in [7, 11) is 0. The maximum Gasteiger partial charge on any atom is 0.329 e. The Bertz CT molecular complexity index is 822. The molecule has 8 heteroatoms. The fourth-order valence-electron chi connectivity index (χ4n) is 1.74. The van der Waals surface area contributed by atoms with Crippen LogP contribution in [-0.4, -0.2) is 18.0 Å². The van der Waals surface area contributed by atoms with Gasteiger partial charge in [-0.25, -0.2) is 5.43 Å². The largest absolute Gasteiger partial charge is 0.329 e. The van der Waals surface area contributed by atoms with E-state index in [0.29, 0.717) is 31.9 Å². The van der Waals surface area contributed by atoms with Crippen molar-refractivity contribution in [2.45, 2.75) is 6.92 Å². The SMILES string of the molecule is Cc1c(Cl)cccc1NC(=O)C(=O)N/N=C\c1ccc(Cl)cc1Cl. The van der Waals surface area contributed by atoms with E-state index in [-0.39, 0.29) is 0 Å². The van der Waals surface area contributed by atoms with Gasteiger partial charge in [0.2, 0.25) is 0 Å². The van der Waals surface area contributed by atoms with Crippen LogP contribution in [0.25, 0.3) is 0 Å². The summed E-state index contributed by atoms with van der Waals surface area (Å²) >= 11 is 17.7. The molecular weight excluding hydrogens is 373 g/mol. The van der Waals surface area contributed by atoms with E-state index in [2.05, 4.69) is 15.8 Å². The number of anilines is 1. The fraction of sp³-hybridized carbons (Fsp3) is 0.0625. The molecule has 2 rings (SSSR count). The van der Waals surface area contributed by atoms with Gasteiger partial charge in [0.15, 0.2) is 0 Å². The van der Waals surface area contributed by atoms with E-state index in [1.807, 2.05) is 0 Å². The molecular formula is C16H12Cl3N3O2.